The van der Waals surface area contributed by atoms with Crippen LogP contribution in [0.3, 0.4) is 0 Å². The third kappa shape index (κ3) is 4.74. The molecule has 0 radical (unpaired) electrons. The molecule has 1 saturated heterocycles. The quantitative estimate of drug-likeness (QED) is 0.392. The van der Waals surface area contributed by atoms with Gasteiger partial charge in [0, 0.05) is 48.0 Å². The number of hydroxylamine groups is 1. The Balaban J connectivity index is 1.82. The van der Waals surface area contributed by atoms with Crippen molar-refractivity contribution in [1.29, 1.82) is 0 Å². The molecule has 1 aliphatic heterocycles. The number of rotatable bonds is 5. The highest BCUT2D eigenvalue weighted by molar-refractivity contribution is 7.89. The summed E-state index contributed by atoms with van der Waals surface area (Å²) in [4.78, 5) is 24.8. The van der Waals surface area contributed by atoms with Crippen LogP contribution in [0.15, 0.2) is 47.4 Å². The monoisotopic (exact) mass is 473 g/mol. The predicted octanol–water partition coefficient (Wildman–Crippen LogP) is 2.38. The lowest BCUT2D eigenvalue weighted by Crippen LogP contribution is -2.49. The zero-order valence-corrected chi connectivity index (χ0v) is 17.7. The van der Waals surface area contributed by atoms with Crippen LogP contribution in [-0.4, -0.2) is 61.8 Å². The number of anilines is 1. The number of nitroso groups, excluding NO2 is 1. The highest BCUT2D eigenvalue weighted by Gasteiger charge is 2.34. The standard InChI is InChI=1S/C19H19F3N4O5S/c1-24(29)14-5-6-17(16(12-14)18(27)23-28)25-7-9-26(10-8-25)32(30,31)15-4-2-3-13(11-15)19(20,21)22/h2-6,11-12H,7-10H2,1H3,(H-,23,27,28)/p+1. The molecule has 0 spiro atoms. The minimum atomic E-state index is -4.67. The fourth-order valence-corrected chi connectivity index (χ4v) is 4.86. The van der Waals surface area contributed by atoms with Crippen LogP contribution in [0.4, 0.5) is 24.5 Å². The van der Waals surface area contributed by atoms with Gasteiger partial charge in [0.1, 0.15) is 0 Å². The molecular weight excluding hydrogens is 453 g/mol. The van der Waals surface area contributed by atoms with E-state index in [0.717, 1.165) is 22.5 Å². The van der Waals surface area contributed by atoms with Crippen LogP contribution in [0.25, 0.3) is 0 Å². The van der Waals surface area contributed by atoms with Gasteiger partial charge in [-0.2, -0.15) is 17.5 Å². The molecule has 0 atom stereocenters. The van der Waals surface area contributed by atoms with Gasteiger partial charge in [0.05, 0.1) is 21.7 Å². The molecule has 1 aliphatic rings. The molecule has 0 bridgehead atoms. The number of nitrogens with zero attached hydrogens (tertiary/aromatic N) is 3. The molecule has 0 saturated carbocycles. The summed E-state index contributed by atoms with van der Waals surface area (Å²) in [5, 5.41) is 9.02. The Bertz CT molecular complexity index is 1150. The second-order valence-corrected chi connectivity index (χ2v) is 8.99. The van der Waals surface area contributed by atoms with E-state index in [1.54, 1.807) is 4.90 Å². The molecule has 0 aliphatic carbocycles. The first-order valence-electron chi connectivity index (χ1n) is 9.37. The number of carbonyl (C=O) groups excluding carboxylic acids is 1. The van der Waals surface area contributed by atoms with Crippen LogP contribution in [-0.2, 0) is 16.2 Å². The van der Waals surface area contributed by atoms with Crippen LogP contribution in [0.2, 0.25) is 0 Å². The predicted molar refractivity (Wildman–Crippen MR) is 107 cm³/mol. The Hall–Kier alpha value is -3.03. The molecule has 2 aromatic rings. The van der Waals surface area contributed by atoms with E-state index in [0.29, 0.717) is 16.5 Å². The van der Waals surface area contributed by atoms with Gasteiger partial charge < -0.3 is 4.90 Å². The Kier molecular flexibility index (Phi) is 6.53. The van der Waals surface area contributed by atoms with E-state index in [9.17, 15) is 31.3 Å². The Morgan fingerprint density at radius 2 is 1.75 bits per heavy atom. The van der Waals surface area contributed by atoms with Gasteiger partial charge in [0.25, 0.3) is 11.6 Å². The molecule has 32 heavy (non-hydrogen) atoms. The lowest BCUT2D eigenvalue weighted by molar-refractivity contribution is -0.428. The molecule has 0 unspecified atom stereocenters. The zero-order valence-electron chi connectivity index (χ0n) is 16.8. The van der Waals surface area contributed by atoms with Gasteiger partial charge >= 0.3 is 6.18 Å². The third-order valence-electron chi connectivity index (χ3n) is 5.07. The van der Waals surface area contributed by atoms with Crippen molar-refractivity contribution < 1.29 is 36.4 Å². The third-order valence-corrected chi connectivity index (χ3v) is 6.96. The van der Waals surface area contributed by atoms with Gasteiger partial charge in [0.2, 0.25) is 10.0 Å². The first-order valence-corrected chi connectivity index (χ1v) is 10.8. The fourth-order valence-electron chi connectivity index (χ4n) is 3.39. The Morgan fingerprint density at radius 3 is 2.31 bits per heavy atom. The topological polar surface area (TPSA) is 110 Å². The van der Waals surface area contributed by atoms with Crippen molar-refractivity contribution in [1.82, 2.24) is 9.79 Å². The molecule has 2 aromatic carbocycles. The second kappa shape index (κ2) is 8.84. The van der Waals surface area contributed by atoms with Crippen LogP contribution >= 0.6 is 0 Å². The summed E-state index contributed by atoms with van der Waals surface area (Å²) in [5.74, 6) is -0.845. The summed E-state index contributed by atoms with van der Waals surface area (Å²) in [6, 6.07) is 7.82. The first-order chi connectivity index (χ1) is 14.9. The average Bonchev–Trinajstić information content (AvgIpc) is 2.77. The van der Waals surface area contributed by atoms with Gasteiger partial charge in [-0.05, 0) is 24.3 Å². The van der Waals surface area contributed by atoms with Gasteiger partial charge in [0.15, 0.2) is 7.05 Å². The molecule has 9 nitrogen and oxygen atoms in total. The van der Waals surface area contributed by atoms with Crippen molar-refractivity contribution in [3.63, 3.8) is 0 Å². The molecule has 2 N–H and O–H groups in total. The van der Waals surface area contributed by atoms with E-state index in [1.807, 2.05) is 0 Å². The summed E-state index contributed by atoms with van der Waals surface area (Å²) in [6.07, 6.45) is -4.67. The number of nitrogens with one attached hydrogen (secondary N) is 1. The molecular formula is C19H20F3N4O5S+. The van der Waals surface area contributed by atoms with E-state index < -0.39 is 32.6 Å². The molecule has 0 aromatic heterocycles. The second-order valence-electron chi connectivity index (χ2n) is 7.06. The van der Waals surface area contributed by atoms with Gasteiger partial charge in [-0.1, -0.05) is 6.07 Å². The molecule has 13 heteroatoms. The summed E-state index contributed by atoms with van der Waals surface area (Å²) < 4.78 is 66.2. The molecule has 1 amide bonds. The number of alkyl halides is 3. The van der Waals surface area contributed by atoms with E-state index in [1.165, 1.54) is 30.7 Å². The maximum absolute atomic E-state index is 13.0. The van der Waals surface area contributed by atoms with E-state index >= 15 is 0 Å². The van der Waals surface area contributed by atoms with Crippen molar-refractivity contribution >= 4 is 27.3 Å². The van der Waals surface area contributed by atoms with E-state index in [4.69, 9.17) is 5.21 Å². The number of halogens is 3. The molecule has 3 rings (SSSR count). The lowest BCUT2D eigenvalue weighted by Gasteiger charge is -2.36. The average molecular weight is 473 g/mol. The van der Waals surface area contributed by atoms with Gasteiger partial charge in [-0.25, -0.2) is 13.9 Å². The Labute approximate surface area is 181 Å². The zero-order chi connectivity index (χ0) is 23.7. The number of hydrogen-bond acceptors (Lipinski definition) is 6. The van der Waals surface area contributed by atoms with Crippen LogP contribution < -0.4 is 10.4 Å². The molecule has 1 heterocycles. The van der Waals surface area contributed by atoms with Crippen molar-refractivity contribution in [2.24, 2.45) is 0 Å². The SMILES string of the molecule is C[N+](=O)c1ccc(N2CCN(S(=O)(=O)c3cccc(C(F)(F)F)c3)CC2)c(C(=O)NO)c1. The first kappa shape index (κ1) is 23.6. The van der Waals surface area contributed by atoms with Crippen molar-refractivity contribution in [2.75, 3.05) is 38.1 Å². The van der Waals surface area contributed by atoms with Crippen LogP contribution in [0.5, 0.6) is 0 Å². The number of hydrogen-bond donors (Lipinski definition) is 2. The number of benzene rings is 2. The van der Waals surface area contributed by atoms with Crippen molar-refractivity contribution in [3.05, 3.63) is 58.5 Å². The number of piperazine rings is 1. The summed E-state index contributed by atoms with van der Waals surface area (Å²) in [5.41, 5.74) is 1.03. The molecule has 172 valence electrons. The number of carbonyl (C=O) groups is 1. The highest BCUT2D eigenvalue weighted by Crippen LogP contribution is 2.32. The van der Waals surface area contributed by atoms with Crippen molar-refractivity contribution in [3.8, 4) is 0 Å². The Morgan fingerprint density at radius 1 is 1.09 bits per heavy atom. The normalized spacial score (nSPS) is 15.5. The number of amides is 1. The maximum Gasteiger partial charge on any atom is 0.416 e. The smallest absolute Gasteiger partial charge is 0.368 e. The van der Waals surface area contributed by atoms with E-state index in [-0.39, 0.29) is 37.4 Å². The minimum absolute atomic E-state index is 0.0156. The van der Waals surface area contributed by atoms with E-state index in [2.05, 4.69) is 0 Å². The van der Waals surface area contributed by atoms with Crippen molar-refractivity contribution in [2.45, 2.75) is 11.1 Å². The summed E-state index contributed by atoms with van der Waals surface area (Å²) in [6.45, 7) is 0.191. The summed E-state index contributed by atoms with van der Waals surface area (Å²) in [7, 11) is -2.92. The van der Waals surface area contributed by atoms with Crippen LogP contribution in [0.1, 0.15) is 15.9 Å². The number of sulfonamides is 1. The molecule has 1 fully saturated rings. The summed E-state index contributed by atoms with van der Waals surface area (Å²) >= 11 is 0. The largest absolute Gasteiger partial charge is 0.416 e. The van der Waals surface area contributed by atoms with Gasteiger partial charge in [-0.3, -0.25) is 10.0 Å². The minimum Gasteiger partial charge on any atom is -0.368 e. The lowest BCUT2D eigenvalue weighted by atomic mass is 10.1. The highest BCUT2D eigenvalue weighted by atomic mass is 32.2. The fraction of sp³-hybridized carbons (Fsp3) is 0.316. The van der Waals surface area contributed by atoms with Crippen LogP contribution in [0, 0.1) is 4.91 Å². The van der Waals surface area contributed by atoms with Gasteiger partial charge in [-0.15, -0.1) is 0 Å². The maximum atomic E-state index is 13.0.